The molecule has 2 aromatic heterocycles. The Morgan fingerprint density at radius 1 is 1.34 bits per heavy atom. The summed E-state index contributed by atoms with van der Waals surface area (Å²) >= 11 is 0. The molecule has 1 aliphatic heterocycles. The van der Waals surface area contributed by atoms with Crippen molar-refractivity contribution in [2.45, 2.75) is 64.6 Å². The number of aliphatic hydroxyl groups is 1. The monoisotopic (exact) mass is 400 g/mol. The van der Waals surface area contributed by atoms with Gasteiger partial charge in [-0.05, 0) is 44.6 Å². The van der Waals surface area contributed by atoms with Gasteiger partial charge in [-0.3, -0.25) is 14.2 Å². The summed E-state index contributed by atoms with van der Waals surface area (Å²) in [6.45, 7) is 6.19. The molecule has 8 heteroatoms. The molecule has 29 heavy (non-hydrogen) atoms. The lowest BCUT2D eigenvalue weighted by Crippen LogP contribution is -2.42. The molecule has 1 saturated heterocycles. The van der Waals surface area contributed by atoms with Crippen LogP contribution in [0.1, 0.15) is 61.5 Å². The van der Waals surface area contributed by atoms with E-state index in [2.05, 4.69) is 22.2 Å². The number of hydrogen-bond donors (Lipinski definition) is 2. The first-order valence-corrected chi connectivity index (χ1v) is 10.3. The van der Waals surface area contributed by atoms with Crippen molar-refractivity contribution in [2.24, 2.45) is 5.92 Å². The number of aromatic nitrogens is 3. The molecule has 4 rings (SSSR count). The van der Waals surface area contributed by atoms with Crippen LogP contribution in [0, 0.1) is 12.8 Å². The number of nitrogens with one attached hydrogen (secondary N) is 1. The SMILES string of the molecule is CC(=O)c1c(C)c2cnc(N[C@H]3CCOC[C@@H]3O)nc2n([C@@H]2CCC[C@@H]2C)c1=O. The van der Waals surface area contributed by atoms with Crippen LogP contribution >= 0.6 is 0 Å². The molecule has 2 N–H and O–H groups in total. The summed E-state index contributed by atoms with van der Waals surface area (Å²) in [5.74, 6) is 0.473. The van der Waals surface area contributed by atoms with Gasteiger partial charge in [0.2, 0.25) is 5.95 Å². The highest BCUT2D eigenvalue weighted by Gasteiger charge is 2.31. The summed E-state index contributed by atoms with van der Waals surface area (Å²) in [6, 6.07) is -0.190. The number of pyridine rings is 1. The van der Waals surface area contributed by atoms with Crippen LogP contribution in [-0.2, 0) is 4.74 Å². The second-order valence-electron chi connectivity index (χ2n) is 8.32. The number of aliphatic hydroxyl groups excluding tert-OH is 1. The Kier molecular flexibility index (Phi) is 5.40. The largest absolute Gasteiger partial charge is 0.389 e. The molecule has 0 amide bonds. The number of carbonyl (C=O) groups is 1. The van der Waals surface area contributed by atoms with Crippen molar-refractivity contribution < 1.29 is 14.6 Å². The van der Waals surface area contributed by atoms with Crippen LogP contribution in [0.5, 0.6) is 0 Å². The van der Waals surface area contributed by atoms with Gasteiger partial charge in [0.05, 0.1) is 24.3 Å². The van der Waals surface area contributed by atoms with E-state index in [1.165, 1.54) is 6.92 Å². The molecule has 0 unspecified atom stereocenters. The standard InChI is InChI=1S/C21H28N4O4/c1-11-5-4-6-16(11)25-19-14(12(2)18(13(3)26)20(25)28)9-22-21(24-19)23-15-7-8-29-10-17(15)27/h9,11,15-17,27H,4-8,10H2,1-3H3,(H,22,23,24)/t11-,15-,16+,17-/m0/s1. The minimum Gasteiger partial charge on any atom is -0.389 e. The van der Waals surface area contributed by atoms with Crippen LogP contribution in [0.2, 0.25) is 0 Å². The Bertz CT molecular complexity index is 1000. The van der Waals surface area contributed by atoms with Gasteiger partial charge in [0, 0.05) is 24.2 Å². The van der Waals surface area contributed by atoms with Gasteiger partial charge in [-0.25, -0.2) is 4.98 Å². The summed E-state index contributed by atoms with van der Waals surface area (Å²) in [4.78, 5) is 34.7. The molecule has 2 aromatic rings. The molecule has 8 nitrogen and oxygen atoms in total. The van der Waals surface area contributed by atoms with E-state index < -0.39 is 6.10 Å². The maximum atomic E-state index is 13.3. The molecular weight excluding hydrogens is 372 g/mol. The first kappa shape index (κ1) is 20.0. The van der Waals surface area contributed by atoms with Crippen LogP contribution in [0.3, 0.4) is 0 Å². The van der Waals surface area contributed by atoms with Crippen molar-refractivity contribution >= 4 is 22.8 Å². The second-order valence-corrected chi connectivity index (χ2v) is 8.32. The average molecular weight is 400 g/mol. The highest BCUT2D eigenvalue weighted by molar-refractivity contribution is 5.99. The van der Waals surface area contributed by atoms with E-state index in [9.17, 15) is 14.7 Å². The third kappa shape index (κ3) is 3.55. The van der Waals surface area contributed by atoms with Gasteiger partial charge < -0.3 is 15.2 Å². The molecule has 2 fully saturated rings. The minimum atomic E-state index is -0.637. The van der Waals surface area contributed by atoms with Crippen LogP contribution in [0.25, 0.3) is 11.0 Å². The molecule has 0 spiro atoms. The Labute approximate surface area is 169 Å². The zero-order valence-corrected chi connectivity index (χ0v) is 17.1. The highest BCUT2D eigenvalue weighted by Crippen LogP contribution is 2.36. The Hall–Kier alpha value is -2.32. The number of anilines is 1. The summed E-state index contributed by atoms with van der Waals surface area (Å²) in [5, 5.41) is 14.1. The summed E-state index contributed by atoms with van der Waals surface area (Å²) in [7, 11) is 0. The fourth-order valence-electron chi connectivity index (χ4n) is 4.69. The van der Waals surface area contributed by atoms with E-state index in [0.29, 0.717) is 41.5 Å². The number of nitrogens with zero attached hydrogens (tertiary/aromatic N) is 3. The van der Waals surface area contributed by atoms with Crippen LogP contribution in [0.4, 0.5) is 5.95 Å². The number of rotatable bonds is 4. The Morgan fingerprint density at radius 3 is 2.79 bits per heavy atom. The lowest BCUT2D eigenvalue weighted by Gasteiger charge is -2.28. The van der Waals surface area contributed by atoms with Gasteiger partial charge in [0.15, 0.2) is 5.78 Å². The maximum absolute atomic E-state index is 13.3. The van der Waals surface area contributed by atoms with Crippen LogP contribution in [0.15, 0.2) is 11.0 Å². The molecule has 1 aliphatic carbocycles. The lowest BCUT2D eigenvalue weighted by atomic mass is 10.0. The molecule has 3 heterocycles. The van der Waals surface area contributed by atoms with E-state index in [-0.39, 0.29) is 35.6 Å². The van der Waals surface area contributed by atoms with Gasteiger partial charge in [-0.2, -0.15) is 4.98 Å². The summed E-state index contributed by atoms with van der Waals surface area (Å²) in [5.41, 5.74) is 1.13. The smallest absolute Gasteiger partial charge is 0.263 e. The first-order valence-electron chi connectivity index (χ1n) is 10.3. The molecule has 156 valence electrons. The third-order valence-electron chi connectivity index (χ3n) is 6.35. The fraction of sp³-hybridized carbons (Fsp3) is 0.619. The second kappa shape index (κ2) is 7.84. The van der Waals surface area contributed by atoms with Crippen molar-refractivity contribution in [1.29, 1.82) is 0 Å². The van der Waals surface area contributed by atoms with Crippen molar-refractivity contribution in [1.82, 2.24) is 14.5 Å². The quantitative estimate of drug-likeness (QED) is 0.758. The zero-order chi connectivity index (χ0) is 20.7. The first-order chi connectivity index (χ1) is 13.9. The molecular formula is C21H28N4O4. The molecule has 0 radical (unpaired) electrons. The molecule has 1 saturated carbocycles. The van der Waals surface area contributed by atoms with E-state index in [4.69, 9.17) is 4.74 Å². The average Bonchev–Trinajstić information content (AvgIpc) is 3.09. The van der Waals surface area contributed by atoms with Gasteiger partial charge in [0.1, 0.15) is 5.65 Å². The van der Waals surface area contributed by atoms with Crippen molar-refractivity contribution in [3.05, 3.63) is 27.7 Å². The molecule has 4 atom stereocenters. The van der Waals surface area contributed by atoms with E-state index in [1.54, 1.807) is 17.7 Å². The highest BCUT2D eigenvalue weighted by atomic mass is 16.5. The Balaban J connectivity index is 1.86. The van der Waals surface area contributed by atoms with Crippen molar-refractivity contribution in [2.75, 3.05) is 18.5 Å². The minimum absolute atomic E-state index is 0.0140. The number of carbonyl (C=O) groups excluding carboxylic acids is 1. The molecule has 0 bridgehead atoms. The number of hydrogen-bond acceptors (Lipinski definition) is 7. The number of aryl methyl sites for hydroxylation is 1. The van der Waals surface area contributed by atoms with E-state index >= 15 is 0 Å². The summed E-state index contributed by atoms with van der Waals surface area (Å²) in [6.07, 6.45) is 4.68. The Morgan fingerprint density at radius 2 is 2.14 bits per heavy atom. The lowest BCUT2D eigenvalue weighted by molar-refractivity contribution is -0.0136. The topological polar surface area (TPSA) is 106 Å². The number of Topliss-reactive ketones (excluding diaryl/α,β-unsaturated/α-hetero) is 1. The van der Waals surface area contributed by atoms with Crippen LogP contribution < -0.4 is 10.9 Å². The van der Waals surface area contributed by atoms with Gasteiger partial charge in [0.25, 0.3) is 5.56 Å². The normalized spacial score (nSPS) is 27.3. The van der Waals surface area contributed by atoms with Gasteiger partial charge in [-0.1, -0.05) is 13.3 Å². The van der Waals surface area contributed by atoms with Crippen LogP contribution in [-0.4, -0.2) is 50.8 Å². The third-order valence-corrected chi connectivity index (χ3v) is 6.35. The zero-order valence-electron chi connectivity index (χ0n) is 17.1. The number of ketones is 1. The predicted molar refractivity (Wildman–Crippen MR) is 109 cm³/mol. The number of ether oxygens (including phenoxy) is 1. The number of fused-ring (bicyclic) bond motifs is 1. The van der Waals surface area contributed by atoms with Crippen molar-refractivity contribution in [3.8, 4) is 0 Å². The van der Waals surface area contributed by atoms with Crippen molar-refractivity contribution in [3.63, 3.8) is 0 Å². The van der Waals surface area contributed by atoms with E-state index in [0.717, 1.165) is 19.3 Å². The van der Waals surface area contributed by atoms with Gasteiger partial charge in [-0.15, -0.1) is 0 Å². The van der Waals surface area contributed by atoms with E-state index in [1.807, 2.05) is 0 Å². The van der Waals surface area contributed by atoms with Gasteiger partial charge >= 0.3 is 0 Å². The predicted octanol–water partition coefficient (Wildman–Crippen LogP) is 2.23. The molecule has 2 aliphatic rings. The summed E-state index contributed by atoms with van der Waals surface area (Å²) < 4.78 is 6.99. The fourth-order valence-corrected chi connectivity index (χ4v) is 4.69. The maximum Gasteiger partial charge on any atom is 0.263 e. The molecule has 0 aromatic carbocycles.